The van der Waals surface area contributed by atoms with Crippen LogP contribution >= 0.6 is 0 Å². The highest BCUT2D eigenvalue weighted by Crippen LogP contribution is 2.15. The zero-order valence-electron chi connectivity index (χ0n) is 17.3. The van der Waals surface area contributed by atoms with Crippen LogP contribution in [-0.4, -0.2) is 15.8 Å². The Labute approximate surface area is 169 Å². The molecule has 0 fully saturated rings. The van der Waals surface area contributed by atoms with Gasteiger partial charge in [-0.15, -0.1) is 11.8 Å². The fraction of sp³-hybridized carbons (Fsp3) is 0.625. The summed E-state index contributed by atoms with van der Waals surface area (Å²) in [6.45, 7) is 2.25. The number of hydrogen-bond donors (Lipinski definition) is 0. The van der Waals surface area contributed by atoms with Crippen molar-refractivity contribution in [1.82, 2.24) is 9.97 Å². The van der Waals surface area contributed by atoms with E-state index in [2.05, 4.69) is 28.7 Å². The Bertz CT molecular complexity index is 722. The van der Waals surface area contributed by atoms with E-state index in [4.69, 9.17) is 4.42 Å². The van der Waals surface area contributed by atoms with Crippen molar-refractivity contribution in [2.45, 2.75) is 96.8 Å². The summed E-state index contributed by atoms with van der Waals surface area (Å²) in [6, 6.07) is 3.56. The third-order valence-electron chi connectivity index (χ3n) is 4.89. The van der Waals surface area contributed by atoms with E-state index in [1.54, 1.807) is 18.3 Å². The second-order valence-electron chi connectivity index (χ2n) is 7.41. The zero-order chi connectivity index (χ0) is 19.9. The first-order valence-corrected chi connectivity index (χ1v) is 11.0. The van der Waals surface area contributed by atoms with Crippen LogP contribution in [0.5, 0.6) is 0 Å². The molecule has 0 N–H and O–H groups in total. The van der Waals surface area contributed by atoms with Crippen molar-refractivity contribution in [2.24, 2.45) is 0 Å². The first kappa shape index (κ1) is 22.1. The molecule has 0 aliphatic heterocycles. The number of oxazole rings is 1. The Balaban J connectivity index is 1.43. The summed E-state index contributed by atoms with van der Waals surface area (Å²) in [4.78, 5) is 20.4. The molecule has 0 unspecified atom stereocenters. The Morgan fingerprint density at radius 3 is 2.25 bits per heavy atom. The molecule has 2 aromatic heterocycles. The topological polar surface area (TPSA) is 56.0 Å². The number of rotatable bonds is 14. The predicted molar refractivity (Wildman–Crippen MR) is 114 cm³/mol. The van der Waals surface area contributed by atoms with Crippen LogP contribution in [-0.2, 0) is 0 Å². The van der Waals surface area contributed by atoms with E-state index in [0.717, 1.165) is 38.5 Å². The number of nitrogens with zero attached hydrogens (tertiary/aromatic N) is 2. The zero-order valence-corrected chi connectivity index (χ0v) is 17.3. The molecule has 0 bridgehead atoms. The maximum absolute atomic E-state index is 12.1. The molecule has 4 heteroatoms. The normalized spacial score (nSPS) is 10.8. The van der Waals surface area contributed by atoms with Gasteiger partial charge in [0.05, 0.1) is 0 Å². The summed E-state index contributed by atoms with van der Waals surface area (Å²) < 4.78 is 5.47. The van der Waals surface area contributed by atoms with Gasteiger partial charge in [0.1, 0.15) is 0 Å². The van der Waals surface area contributed by atoms with E-state index in [1.807, 2.05) is 0 Å². The minimum atomic E-state index is -0.0291. The standard InChI is InChI=1S/C24H34N2O2/c1-2-3-4-5-6-7-8-9-10-11-12-13-14-15-16-18-21(27)24-26-23-22(28-24)19-17-20-25-23/h17,19-20H,2-8,11-16,18H2,1H3. The summed E-state index contributed by atoms with van der Waals surface area (Å²) in [6.07, 6.45) is 17.7. The lowest BCUT2D eigenvalue weighted by Crippen LogP contribution is -1.99. The number of Topliss-reactive ketones (excluding diaryl/α,β-unsaturated/α-hetero) is 1. The molecule has 2 heterocycles. The Morgan fingerprint density at radius 2 is 1.57 bits per heavy atom. The van der Waals surface area contributed by atoms with Gasteiger partial charge in [0.15, 0.2) is 11.2 Å². The van der Waals surface area contributed by atoms with Crippen molar-refractivity contribution < 1.29 is 9.21 Å². The predicted octanol–water partition coefficient (Wildman–Crippen LogP) is 6.89. The number of ketones is 1. The largest absolute Gasteiger partial charge is 0.432 e. The number of pyridine rings is 1. The van der Waals surface area contributed by atoms with Crippen molar-refractivity contribution in [3.05, 3.63) is 24.2 Å². The lowest BCUT2D eigenvalue weighted by molar-refractivity contribution is 0.0947. The molecule has 0 spiro atoms. The minimum absolute atomic E-state index is 0.0291. The smallest absolute Gasteiger partial charge is 0.265 e. The average Bonchev–Trinajstić information content (AvgIpc) is 3.15. The molecule has 152 valence electrons. The van der Waals surface area contributed by atoms with Gasteiger partial charge in [-0.1, -0.05) is 58.3 Å². The van der Waals surface area contributed by atoms with Crippen LogP contribution in [0.4, 0.5) is 0 Å². The summed E-state index contributed by atoms with van der Waals surface area (Å²) >= 11 is 0. The van der Waals surface area contributed by atoms with E-state index < -0.39 is 0 Å². The number of hydrogen-bond acceptors (Lipinski definition) is 4. The van der Waals surface area contributed by atoms with Gasteiger partial charge >= 0.3 is 0 Å². The minimum Gasteiger partial charge on any atom is -0.432 e. The van der Waals surface area contributed by atoms with Gasteiger partial charge in [-0.2, -0.15) is 4.98 Å². The molecular formula is C24H34N2O2. The molecule has 0 atom stereocenters. The second-order valence-corrected chi connectivity index (χ2v) is 7.41. The van der Waals surface area contributed by atoms with Gasteiger partial charge in [0.2, 0.25) is 5.78 Å². The molecule has 0 radical (unpaired) electrons. The molecule has 0 aromatic carbocycles. The number of carbonyl (C=O) groups is 1. The van der Waals surface area contributed by atoms with Crippen LogP contribution in [0, 0.1) is 11.8 Å². The van der Waals surface area contributed by atoms with E-state index in [-0.39, 0.29) is 11.7 Å². The van der Waals surface area contributed by atoms with Crippen molar-refractivity contribution >= 4 is 17.0 Å². The van der Waals surface area contributed by atoms with Crippen molar-refractivity contribution in [1.29, 1.82) is 0 Å². The van der Waals surface area contributed by atoms with Crippen LogP contribution < -0.4 is 0 Å². The lowest BCUT2D eigenvalue weighted by Gasteiger charge is -1.99. The van der Waals surface area contributed by atoms with Crippen LogP contribution in [0.3, 0.4) is 0 Å². The molecule has 0 saturated heterocycles. The fourth-order valence-electron chi connectivity index (χ4n) is 3.19. The van der Waals surface area contributed by atoms with E-state index in [1.165, 1.54) is 44.9 Å². The Morgan fingerprint density at radius 1 is 0.929 bits per heavy atom. The van der Waals surface area contributed by atoms with Gasteiger partial charge in [-0.3, -0.25) is 4.79 Å². The summed E-state index contributed by atoms with van der Waals surface area (Å²) in [5, 5.41) is 0. The third-order valence-corrected chi connectivity index (χ3v) is 4.89. The van der Waals surface area contributed by atoms with Gasteiger partial charge < -0.3 is 4.42 Å². The average molecular weight is 383 g/mol. The maximum atomic E-state index is 12.1. The number of aromatic nitrogens is 2. The van der Waals surface area contributed by atoms with Gasteiger partial charge in [-0.05, 0) is 31.4 Å². The lowest BCUT2D eigenvalue weighted by atomic mass is 10.1. The first-order chi connectivity index (χ1) is 13.8. The molecular weight excluding hydrogens is 348 g/mol. The summed E-state index contributed by atoms with van der Waals surface area (Å²) in [5.41, 5.74) is 1.08. The van der Waals surface area contributed by atoms with Crippen molar-refractivity contribution in [3.63, 3.8) is 0 Å². The molecule has 0 amide bonds. The van der Waals surface area contributed by atoms with Crippen LogP contribution in [0.2, 0.25) is 0 Å². The molecule has 2 rings (SSSR count). The Kier molecular flexibility index (Phi) is 11.0. The highest BCUT2D eigenvalue weighted by atomic mass is 16.4. The van der Waals surface area contributed by atoms with Crippen LogP contribution in [0.15, 0.2) is 22.7 Å². The number of unbranched alkanes of at least 4 members (excludes halogenated alkanes) is 11. The molecule has 2 aromatic rings. The summed E-state index contributed by atoms with van der Waals surface area (Å²) in [7, 11) is 0. The van der Waals surface area contributed by atoms with E-state index >= 15 is 0 Å². The molecule has 0 aliphatic carbocycles. The third kappa shape index (κ3) is 8.69. The number of carbonyl (C=O) groups excluding carboxylic acids is 1. The van der Waals surface area contributed by atoms with Crippen molar-refractivity contribution in [2.75, 3.05) is 0 Å². The molecule has 0 aliphatic rings. The molecule has 28 heavy (non-hydrogen) atoms. The van der Waals surface area contributed by atoms with Crippen LogP contribution in [0.1, 0.15) is 108 Å². The van der Waals surface area contributed by atoms with Crippen molar-refractivity contribution in [3.8, 4) is 11.8 Å². The maximum Gasteiger partial charge on any atom is 0.265 e. The first-order valence-electron chi connectivity index (χ1n) is 11.0. The fourth-order valence-corrected chi connectivity index (χ4v) is 3.19. The van der Waals surface area contributed by atoms with Gasteiger partial charge in [0.25, 0.3) is 5.89 Å². The number of fused-ring (bicyclic) bond motifs is 1. The SMILES string of the molecule is CCCCCCCCC#CCCCCCCCC(=O)c1nc2ncccc2o1. The Hall–Kier alpha value is -2.15. The highest BCUT2D eigenvalue weighted by molar-refractivity contribution is 5.93. The van der Waals surface area contributed by atoms with Crippen LogP contribution in [0.25, 0.3) is 11.2 Å². The second kappa shape index (κ2) is 13.9. The monoisotopic (exact) mass is 382 g/mol. The quantitative estimate of drug-likeness (QED) is 0.203. The molecule has 0 saturated carbocycles. The van der Waals surface area contributed by atoms with Gasteiger partial charge in [-0.25, -0.2) is 4.98 Å². The molecule has 4 nitrogen and oxygen atoms in total. The highest BCUT2D eigenvalue weighted by Gasteiger charge is 2.14. The van der Waals surface area contributed by atoms with E-state index in [0.29, 0.717) is 17.7 Å². The van der Waals surface area contributed by atoms with E-state index in [9.17, 15) is 4.79 Å². The van der Waals surface area contributed by atoms with Gasteiger partial charge in [0, 0.05) is 25.5 Å². The summed E-state index contributed by atoms with van der Waals surface area (Å²) in [5.74, 6) is 6.77.